The maximum atomic E-state index is 5.83. The van der Waals surface area contributed by atoms with Gasteiger partial charge in [0.1, 0.15) is 10.8 Å². The maximum absolute atomic E-state index is 5.83. The van der Waals surface area contributed by atoms with Crippen LogP contribution in [0, 0.1) is 6.92 Å². The topological polar surface area (TPSA) is 50.9 Å². The van der Waals surface area contributed by atoms with Gasteiger partial charge < -0.3 is 11.1 Å². The Labute approximate surface area is 110 Å². The van der Waals surface area contributed by atoms with E-state index >= 15 is 0 Å². The van der Waals surface area contributed by atoms with E-state index in [-0.39, 0.29) is 0 Å². The number of nitrogens with two attached hydrogens (primary N) is 1. The third-order valence-corrected chi connectivity index (χ3v) is 3.75. The summed E-state index contributed by atoms with van der Waals surface area (Å²) >= 11 is 7.24. The van der Waals surface area contributed by atoms with Crippen LogP contribution >= 0.6 is 23.1 Å². The number of anilines is 2. The van der Waals surface area contributed by atoms with Gasteiger partial charge in [-0.15, -0.1) is 0 Å². The second kappa shape index (κ2) is 5.38. The van der Waals surface area contributed by atoms with Crippen LogP contribution < -0.4 is 11.1 Å². The van der Waals surface area contributed by atoms with Crippen molar-refractivity contribution in [3.63, 3.8) is 0 Å². The first-order valence-electron chi connectivity index (χ1n) is 5.37. The van der Waals surface area contributed by atoms with Gasteiger partial charge in [0, 0.05) is 17.1 Å². The summed E-state index contributed by atoms with van der Waals surface area (Å²) in [5.41, 5.74) is 7.98. The van der Waals surface area contributed by atoms with Crippen LogP contribution in [-0.2, 0) is 6.42 Å². The molecule has 2 aromatic rings. The zero-order valence-electron chi connectivity index (χ0n) is 9.53. The van der Waals surface area contributed by atoms with Gasteiger partial charge >= 0.3 is 0 Å². The number of benzene rings is 1. The van der Waals surface area contributed by atoms with Crippen LogP contribution in [0.2, 0.25) is 5.02 Å². The Bertz CT molecular complexity index is 493. The molecule has 0 atom stereocenters. The number of rotatable bonds is 4. The molecule has 3 N–H and O–H groups in total. The van der Waals surface area contributed by atoms with Gasteiger partial charge in [-0.05, 0) is 42.6 Å². The SMILES string of the molecule is Cc1c(N)nsc1NCCc1ccc(Cl)cc1. The fourth-order valence-electron chi connectivity index (χ4n) is 1.48. The van der Waals surface area contributed by atoms with Crippen LogP contribution in [0.15, 0.2) is 24.3 Å². The molecule has 0 saturated heterocycles. The molecule has 0 amide bonds. The molecule has 0 aliphatic carbocycles. The lowest BCUT2D eigenvalue weighted by atomic mass is 10.1. The molecule has 5 heteroatoms. The smallest absolute Gasteiger partial charge is 0.142 e. The molecule has 0 aliphatic rings. The van der Waals surface area contributed by atoms with Crippen LogP contribution in [-0.4, -0.2) is 10.9 Å². The number of aromatic nitrogens is 1. The van der Waals surface area contributed by atoms with E-state index in [1.54, 1.807) is 0 Å². The van der Waals surface area contributed by atoms with Crippen molar-refractivity contribution in [2.75, 3.05) is 17.6 Å². The number of halogens is 1. The van der Waals surface area contributed by atoms with Gasteiger partial charge in [0.2, 0.25) is 0 Å². The molecule has 1 aromatic heterocycles. The molecule has 0 radical (unpaired) electrons. The van der Waals surface area contributed by atoms with Gasteiger partial charge in [-0.3, -0.25) is 0 Å². The van der Waals surface area contributed by atoms with E-state index in [2.05, 4.69) is 9.69 Å². The van der Waals surface area contributed by atoms with Crippen molar-refractivity contribution in [1.82, 2.24) is 4.37 Å². The van der Waals surface area contributed by atoms with E-state index in [4.69, 9.17) is 17.3 Å². The van der Waals surface area contributed by atoms with Gasteiger partial charge in [0.25, 0.3) is 0 Å². The minimum absolute atomic E-state index is 0.615. The Morgan fingerprint density at radius 2 is 2.06 bits per heavy atom. The molecule has 0 unspecified atom stereocenters. The fourth-order valence-corrected chi connectivity index (χ4v) is 2.35. The Balaban J connectivity index is 1.87. The minimum atomic E-state index is 0.615. The second-order valence-corrected chi connectivity index (χ2v) is 5.04. The molecule has 1 aromatic carbocycles. The van der Waals surface area contributed by atoms with Crippen molar-refractivity contribution in [3.8, 4) is 0 Å². The molecule has 90 valence electrons. The first kappa shape index (κ1) is 12.2. The first-order chi connectivity index (χ1) is 8.16. The third kappa shape index (κ3) is 3.11. The fraction of sp³-hybridized carbons (Fsp3) is 0.250. The molecule has 1 heterocycles. The summed E-state index contributed by atoms with van der Waals surface area (Å²) in [5.74, 6) is 0.615. The number of hydrogen-bond acceptors (Lipinski definition) is 4. The average Bonchev–Trinajstić information content (AvgIpc) is 2.64. The van der Waals surface area contributed by atoms with Crippen molar-refractivity contribution >= 4 is 34.0 Å². The number of nitrogen functional groups attached to an aromatic ring is 1. The highest BCUT2D eigenvalue weighted by atomic mass is 35.5. The predicted molar refractivity (Wildman–Crippen MR) is 74.9 cm³/mol. The number of nitrogens with one attached hydrogen (secondary N) is 1. The quantitative estimate of drug-likeness (QED) is 0.893. The van der Waals surface area contributed by atoms with E-state index < -0.39 is 0 Å². The predicted octanol–water partition coefficient (Wildman–Crippen LogP) is 3.34. The molecular weight excluding hydrogens is 254 g/mol. The molecule has 3 nitrogen and oxygen atoms in total. The maximum Gasteiger partial charge on any atom is 0.142 e. The molecule has 0 saturated carbocycles. The van der Waals surface area contributed by atoms with Gasteiger partial charge in [0.05, 0.1) is 0 Å². The van der Waals surface area contributed by atoms with Gasteiger partial charge in [0.15, 0.2) is 0 Å². The molecule has 0 spiro atoms. The normalized spacial score (nSPS) is 10.5. The summed E-state index contributed by atoms with van der Waals surface area (Å²) in [6.45, 7) is 2.84. The molecule has 0 fully saturated rings. The van der Waals surface area contributed by atoms with E-state index in [0.717, 1.165) is 28.6 Å². The minimum Gasteiger partial charge on any atom is -0.383 e. The summed E-state index contributed by atoms with van der Waals surface area (Å²) in [4.78, 5) is 0. The van der Waals surface area contributed by atoms with Crippen LogP contribution in [0.4, 0.5) is 10.8 Å². The van der Waals surface area contributed by atoms with Gasteiger partial charge in [-0.2, -0.15) is 4.37 Å². The highest BCUT2D eigenvalue weighted by molar-refractivity contribution is 7.10. The largest absolute Gasteiger partial charge is 0.383 e. The zero-order chi connectivity index (χ0) is 12.3. The average molecular weight is 268 g/mol. The van der Waals surface area contributed by atoms with E-state index in [1.165, 1.54) is 17.1 Å². The molecular formula is C12H14ClN3S. The lowest BCUT2D eigenvalue weighted by molar-refractivity contribution is 1.02. The van der Waals surface area contributed by atoms with Gasteiger partial charge in [-0.25, -0.2) is 0 Å². The summed E-state index contributed by atoms with van der Waals surface area (Å²) in [5, 5.41) is 5.16. The van der Waals surface area contributed by atoms with E-state index in [9.17, 15) is 0 Å². The first-order valence-corrected chi connectivity index (χ1v) is 6.52. The lowest BCUT2D eigenvalue weighted by Crippen LogP contribution is -2.04. The molecule has 0 aliphatic heterocycles. The highest BCUT2D eigenvalue weighted by Crippen LogP contribution is 2.25. The van der Waals surface area contributed by atoms with Crippen LogP contribution in [0.1, 0.15) is 11.1 Å². The lowest BCUT2D eigenvalue weighted by Gasteiger charge is -2.04. The number of hydrogen-bond donors (Lipinski definition) is 2. The van der Waals surface area contributed by atoms with Crippen LogP contribution in [0.25, 0.3) is 0 Å². The van der Waals surface area contributed by atoms with Crippen LogP contribution in [0.3, 0.4) is 0 Å². The van der Waals surface area contributed by atoms with Crippen molar-refractivity contribution in [1.29, 1.82) is 0 Å². The Kier molecular flexibility index (Phi) is 3.86. The number of nitrogens with zero attached hydrogens (tertiary/aromatic N) is 1. The Hall–Kier alpha value is -1.26. The van der Waals surface area contributed by atoms with Crippen molar-refractivity contribution < 1.29 is 0 Å². The van der Waals surface area contributed by atoms with Crippen LogP contribution in [0.5, 0.6) is 0 Å². The second-order valence-electron chi connectivity index (χ2n) is 3.83. The standard InChI is InChI=1S/C12H14ClN3S/c1-8-11(14)16-17-12(8)15-7-6-9-2-4-10(13)5-3-9/h2-5,15H,6-7H2,1H3,(H2,14,16). The van der Waals surface area contributed by atoms with Crippen molar-refractivity contribution in [2.45, 2.75) is 13.3 Å². The molecule has 2 rings (SSSR count). The molecule has 0 bridgehead atoms. The van der Waals surface area contributed by atoms with E-state index in [0.29, 0.717) is 5.82 Å². The van der Waals surface area contributed by atoms with Crippen molar-refractivity contribution in [2.24, 2.45) is 0 Å². The summed E-state index contributed by atoms with van der Waals surface area (Å²) < 4.78 is 4.09. The Morgan fingerprint density at radius 3 is 2.65 bits per heavy atom. The van der Waals surface area contributed by atoms with Crippen molar-refractivity contribution in [3.05, 3.63) is 40.4 Å². The monoisotopic (exact) mass is 267 g/mol. The Morgan fingerprint density at radius 1 is 1.35 bits per heavy atom. The summed E-state index contributed by atoms with van der Waals surface area (Å²) in [7, 11) is 0. The van der Waals surface area contributed by atoms with Gasteiger partial charge in [-0.1, -0.05) is 23.7 Å². The third-order valence-electron chi connectivity index (χ3n) is 2.57. The highest BCUT2D eigenvalue weighted by Gasteiger charge is 2.05. The summed E-state index contributed by atoms with van der Waals surface area (Å²) in [6.07, 6.45) is 0.953. The zero-order valence-corrected chi connectivity index (χ0v) is 11.1. The molecule has 17 heavy (non-hydrogen) atoms. The summed E-state index contributed by atoms with van der Waals surface area (Å²) in [6, 6.07) is 7.90. The van der Waals surface area contributed by atoms with E-state index in [1.807, 2.05) is 31.2 Å².